The molecule has 1 amide bonds. The molecule has 8 heteroatoms. The first-order valence-corrected chi connectivity index (χ1v) is 7.37. The number of nitrogens with one attached hydrogen (secondary N) is 1. The van der Waals surface area contributed by atoms with E-state index in [4.69, 9.17) is 22.1 Å². The highest BCUT2D eigenvalue weighted by atomic mass is 35.5. The first-order valence-electron chi connectivity index (χ1n) is 6.99. The van der Waals surface area contributed by atoms with E-state index in [-0.39, 0.29) is 30.7 Å². The first kappa shape index (κ1) is 22.3. The fraction of sp³-hybridized carbons (Fsp3) is 0.250. The molecule has 0 spiro atoms. The van der Waals surface area contributed by atoms with E-state index in [2.05, 4.69) is 10.3 Å². The fourth-order valence-electron chi connectivity index (χ4n) is 1.89. The number of nitrogen functional groups attached to an aromatic ring is 1. The Morgan fingerprint density at radius 3 is 2.62 bits per heavy atom. The van der Waals surface area contributed by atoms with Crippen LogP contribution in [-0.2, 0) is 11.2 Å². The SMILES string of the molecule is Cl.Cl.Nc1ccccc1CCC(=O)NCCOc1ccc(Cl)cn1. The van der Waals surface area contributed by atoms with E-state index < -0.39 is 0 Å². The number of para-hydroxylation sites is 1. The third-order valence-electron chi connectivity index (χ3n) is 3.05. The summed E-state index contributed by atoms with van der Waals surface area (Å²) < 4.78 is 5.39. The normalized spacial score (nSPS) is 9.38. The lowest BCUT2D eigenvalue weighted by molar-refractivity contribution is -0.121. The summed E-state index contributed by atoms with van der Waals surface area (Å²) >= 11 is 5.73. The second-order valence-corrected chi connectivity index (χ2v) is 5.15. The molecule has 0 fully saturated rings. The lowest BCUT2D eigenvalue weighted by Crippen LogP contribution is -2.28. The Morgan fingerprint density at radius 1 is 1.21 bits per heavy atom. The molecule has 0 aliphatic carbocycles. The van der Waals surface area contributed by atoms with Gasteiger partial charge in [0.2, 0.25) is 11.8 Å². The second kappa shape index (κ2) is 11.8. The van der Waals surface area contributed by atoms with Gasteiger partial charge < -0.3 is 15.8 Å². The highest BCUT2D eigenvalue weighted by Gasteiger charge is 2.04. The van der Waals surface area contributed by atoms with Crippen molar-refractivity contribution in [3.8, 4) is 5.88 Å². The van der Waals surface area contributed by atoms with Crippen LogP contribution in [0.2, 0.25) is 5.02 Å². The minimum absolute atomic E-state index is 0. The number of aryl methyl sites for hydroxylation is 1. The number of benzene rings is 1. The quantitative estimate of drug-likeness (QED) is 0.560. The zero-order valence-corrected chi connectivity index (χ0v) is 15.3. The number of carbonyl (C=O) groups excluding carboxylic acids is 1. The van der Waals surface area contributed by atoms with E-state index in [1.165, 1.54) is 6.20 Å². The number of anilines is 1. The predicted molar refractivity (Wildman–Crippen MR) is 101 cm³/mol. The van der Waals surface area contributed by atoms with E-state index in [9.17, 15) is 4.79 Å². The van der Waals surface area contributed by atoms with Gasteiger partial charge in [-0.15, -0.1) is 24.8 Å². The predicted octanol–water partition coefficient (Wildman–Crippen LogP) is 3.29. The first-order chi connectivity index (χ1) is 10.6. The van der Waals surface area contributed by atoms with Gasteiger partial charge >= 0.3 is 0 Å². The molecule has 0 unspecified atom stereocenters. The lowest BCUT2D eigenvalue weighted by atomic mass is 10.1. The van der Waals surface area contributed by atoms with Gasteiger partial charge in [-0.25, -0.2) is 4.98 Å². The summed E-state index contributed by atoms with van der Waals surface area (Å²) in [4.78, 5) is 15.7. The molecule has 0 saturated heterocycles. The van der Waals surface area contributed by atoms with Gasteiger partial charge in [0, 0.05) is 24.4 Å². The Labute approximate surface area is 158 Å². The molecule has 132 valence electrons. The van der Waals surface area contributed by atoms with E-state index in [0.29, 0.717) is 42.6 Å². The van der Waals surface area contributed by atoms with Crippen molar-refractivity contribution in [3.05, 3.63) is 53.2 Å². The van der Waals surface area contributed by atoms with Gasteiger partial charge in [0.1, 0.15) is 6.61 Å². The van der Waals surface area contributed by atoms with Crippen molar-refractivity contribution in [2.45, 2.75) is 12.8 Å². The molecule has 2 aromatic rings. The third-order valence-corrected chi connectivity index (χ3v) is 3.27. The highest BCUT2D eigenvalue weighted by molar-refractivity contribution is 6.30. The molecular weight excluding hydrogens is 373 g/mol. The molecule has 0 bridgehead atoms. The Bertz CT molecular complexity index is 624. The number of nitrogens with two attached hydrogens (primary N) is 1. The van der Waals surface area contributed by atoms with Crippen molar-refractivity contribution < 1.29 is 9.53 Å². The molecule has 0 saturated carbocycles. The fourth-order valence-corrected chi connectivity index (χ4v) is 2.00. The topological polar surface area (TPSA) is 77.2 Å². The average molecular weight is 393 g/mol. The Morgan fingerprint density at radius 2 is 1.96 bits per heavy atom. The Hall–Kier alpha value is -1.69. The third kappa shape index (κ3) is 7.73. The summed E-state index contributed by atoms with van der Waals surface area (Å²) in [6.07, 6.45) is 2.53. The van der Waals surface area contributed by atoms with Crippen LogP contribution in [-0.4, -0.2) is 24.0 Å². The van der Waals surface area contributed by atoms with Crippen molar-refractivity contribution in [2.75, 3.05) is 18.9 Å². The van der Waals surface area contributed by atoms with Crippen LogP contribution in [0.15, 0.2) is 42.6 Å². The summed E-state index contributed by atoms with van der Waals surface area (Å²) in [5, 5.41) is 3.35. The Kier molecular flexibility index (Phi) is 11.0. The number of rotatable bonds is 7. The maximum absolute atomic E-state index is 11.7. The molecule has 5 nitrogen and oxygen atoms in total. The molecule has 2 rings (SSSR count). The number of aromatic nitrogens is 1. The highest BCUT2D eigenvalue weighted by Crippen LogP contribution is 2.12. The standard InChI is InChI=1S/C16H18ClN3O2.2ClH/c17-13-6-8-16(20-11-13)22-10-9-19-15(21)7-5-12-3-1-2-4-14(12)18;;/h1-4,6,8,11H,5,7,9-10,18H2,(H,19,21);2*1H. The molecule has 0 radical (unpaired) electrons. The summed E-state index contributed by atoms with van der Waals surface area (Å²) in [5.74, 6) is 0.451. The van der Waals surface area contributed by atoms with Crippen LogP contribution in [0.25, 0.3) is 0 Å². The number of hydrogen-bond donors (Lipinski definition) is 2. The number of pyridine rings is 1. The van der Waals surface area contributed by atoms with Crippen LogP contribution in [0.3, 0.4) is 0 Å². The molecule has 0 atom stereocenters. The van der Waals surface area contributed by atoms with Crippen molar-refractivity contribution in [1.82, 2.24) is 10.3 Å². The van der Waals surface area contributed by atoms with Crippen LogP contribution < -0.4 is 15.8 Å². The molecular formula is C16H20Cl3N3O2. The van der Waals surface area contributed by atoms with Gasteiger partial charge in [0.15, 0.2) is 0 Å². The maximum atomic E-state index is 11.7. The van der Waals surface area contributed by atoms with E-state index in [1.807, 2.05) is 24.3 Å². The zero-order valence-electron chi connectivity index (χ0n) is 12.9. The summed E-state index contributed by atoms with van der Waals surface area (Å²) in [7, 11) is 0. The van der Waals surface area contributed by atoms with E-state index >= 15 is 0 Å². The monoisotopic (exact) mass is 391 g/mol. The maximum Gasteiger partial charge on any atom is 0.220 e. The largest absolute Gasteiger partial charge is 0.476 e. The van der Waals surface area contributed by atoms with Gasteiger partial charge in [-0.3, -0.25) is 4.79 Å². The summed E-state index contributed by atoms with van der Waals surface area (Å²) in [6.45, 7) is 0.779. The van der Waals surface area contributed by atoms with Crippen LogP contribution in [0.5, 0.6) is 5.88 Å². The van der Waals surface area contributed by atoms with Gasteiger partial charge in [-0.2, -0.15) is 0 Å². The average Bonchev–Trinajstić information content (AvgIpc) is 2.52. The van der Waals surface area contributed by atoms with Crippen molar-refractivity contribution in [3.63, 3.8) is 0 Å². The minimum atomic E-state index is -0.0316. The Balaban J connectivity index is 0.00000264. The smallest absolute Gasteiger partial charge is 0.220 e. The molecule has 1 aromatic carbocycles. The van der Waals surface area contributed by atoms with Crippen molar-refractivity contribution in [2.24, 2.45) is 0 Å². The second-order valence-electron chi connectivity index (χ2n) is 4.71. The van der Waals surface area contributed by atoms with Crippen LogP contribution in [0.4, 0.5) is 5.69 Å². The minimum Gasteiger partial charge on any atom is -0.476 e. The molecule has 1 heterocycles. The summed E-state index contributed by atoms with van der Waals surface area (Å²) in [6, 6.07) is 10.9. The molecule has 3 N–H and O–H groups in total. The van der Waals surface area contributed by atoms with Gasteiger partial charge in [-0.1, -0.05) is 29.8 Å². The number of amides is 1. The van der Waals surface area contributed by atoms with Gasteiger partial charge in [0.25, 0.3) is 0 Å². The van der Waals surface area contributed by atoms with Crippen LogP contribution >= 0.6 is 36.4 Å². The van der Waals surface area contributed by atoms with Crippen LogP contribution in [0, 0.1) is 0 Å². The molecule has 0 aliphatic rings. The number of carbonyl (C=O) groups is 1. The number of nitrogens with zero attached hydrogens (tertiary/aromatic N) is 1. The molecule has 0 aliphatic heterocycles. The molecule has 1 aromatic heterocycles. The number of halogens is 3. The van der Waals surface area contributed by atoms with Gasteiger partial charge in [0.05, 0.1) is 11.6 Å². The number of hydrogen-bond acceptors (Lipinski definition) is 4. The van der Waals surface area contributed by atoms with Crippen molar-refractivity contribution >= 4 is 48.0 Å². The van der Waals surface area contributed by atoms with Crippen molar-refractivity contribution in [1.29, 1.82) is 0 Å². The van der Waals surface area contributed by atoms with Gasteiger partial charge in [-0.05, 0) is 24.1 Å². The van der Waals surface area contributed by atoms with E-state index in [0.717, 1.165) is 5.56 Å². The van der Waals surface area contributed by atoms with E-state index in [1.54, 1.807) is 12.1 Å². The zero-order chi connectivity index (χ0) is 15.8. The van der Waals surface area contributed by atoms with Crippen LogP contribution in [0.1, 0.15) is 12.0 Å². The lowest BCUT2D eigenvalue weighted by Gasteiger charge is -2.08. The summed E-state index contributed by atoms with van der Waals surface area (Å²) in [5.41, 5.74) is 7.54. The number of ether oxygens (including phenoxy) is 1. The molecule has 24 heavy (non-hydrogen) atoms.